The van der Waals surface area contributed by atoms with Crippen molar-refractivity contribution in [1.82, 2.24) is 19.9 Å². The van der Waals surface area contributed by atoms with Crippen molar-refractivity contribution >= 4 is 29.3 Å². The van der Waals surface area contributed by atoms with Crippen molar-refractivity contribution in [3.63, 3.8) is 0 Å². The summed E-state index contributed by atoms with van der Waals surface area (Å²) in [5, 5.41) is 6.23. The number of likely N-dealkylation sites (tertiary alicyclic amines) is 1. The molecule has 154 valence electrons. The van der Waals surface area contributed by atoms with Crippen molar-refractivity contribution < 1.29 is 14.0 Å². The summed E-state index contributed by atoms with van der Waals surface area (Å²) in [6.45, 7) is 8.64. The Morgan fingerprint density at radius 3 is 2.62 bits per heavy atom. The summed E-state index contributed by atoms with van der Waals surface area (Å²) in [7, 11) is 1.88. The van der Waals surface area contributed by atoms with Gasteiger partial charge in [0.1, 0.15) is 18.0 Å². The highest BCUT2D eigenvalue weighted by Crippen LogP contribution is 2.34. The zero-order chi connectivity index (χ0) is 20.9. The first-order valence-corrected chi connectivity index (χ1v) is 9.65. The molecule has 0 radical (unpaired) electrons. The lowest BCUT2D eigenvalue weighted by Crippen LogP contribution is -2.57. The van der Waals surface area contributed by atoms with Crippen molar-refractivity contribution in [2.75, 3.05) is 35.7 Å². The molecule has 10 nitrogen and oxygen atoms in total. The molecular formula is C19H25N7O3. The lowest BCUT2D eigenvalue weighted by molar-refractivity contribution is -0.118. The second-order valence-electron chi connectivity index (χ2n) is 7.92. The fourth-order valence-corrected chi connectivity index (χ4v) is 3.82. The monoisotopic (exact) mass is 399 g/mol. The first-order valence-electron chi connectivity index (χ1n) is 9.65. The summed E-state index contributed by atoms with van der Waals surface area (Å²) in [5.74, 6) is 1.61. The van der Waals surface area contributed by atoms with Crippen LogP contribution < -0.4 is 15.5 Å². The molecule has 4 rings (SSSR count). The van der Waals surface area contributed by atoms with Crippen molar-refractivity contribution in [2.45, 2.75) is 39.8 Å². The number of aromatic nitrogens is 3. The van der Waals surface area contributed by atoms with E-state index in [1.54, 1.807) is 11.8 Å². The minimum Gasteiger partial charge on any atom is -0.448 e. The SMILES string of the molecule is Cc1nc(C(=O)N2CC(Nc3nc(C)c4c(n3)N(C)C(C(C)C)C(=O)N4)C2)co1. The van der Waals surface area contributed by atoms with E-state index < -0.39 is 0 Å². The first-order chi connectivity index (χ1) is 13.7. The molecule has 0 spiro atoms. The number of aryl methyl sites for hydroxylation is 2. The summed E-state index contributed by atoms with van der Waals surface area (Å²) < 4.78 is 5.11. The standard InChI is InChI=1S/C19H25N7O3/c1-9(2)15-17(27)23-14-10(3)20-19(24-16(14)25(15)5)22-12-6-26(7-12)18(28)13-8-29-11(4)21-13/h8-9,12,15H,6-7H2,1-5H3,(H,23,27)(H,20,22,24). The van der Waals surface area contributed by atoms with Gasteiger partial charge in [-0.15, -0.1) is 0 Å². The van der Waals surface area contributed by atoms with Gasteiger partial charge < -0.3 is 24.9 Å². The Morgan fingerprint density at radius 1 is 1.28 bits per heavy atom. The van der Waals surface area contributed by atoms with Gasteiger partial charge in [-0.05, 0) is 12.8 Å². The molecule has 4 heterocycles. The molecule has 0 aromatic carbocycles. The van der Waals surface area contributed by atoms with E-state index >= 15 is 0 Å². The molecule has 1 fully saturated rings. The van der Waals surface area contributed by atoms with Crippen LogP contribution in [-0.4, -0.2) is 63.9 Å². The maximum Gasteiger partial charge on any atom is 0.275 e. The molecule has 2 amide bonds. The van der Waals surface area contributed by atoms with Crippen LogP contribution >= 0.6 is 0 Å². The summed E-state index contributed by atoms with van der Waals surface area (Å²) >= 11 is 0. The number of nitrogens with zero attached hydrogens (tertiary/aromatic N) is 5. The van der Waals surface area contributed by atoms with Crippen molar-refractivity contribution in [2.24, 2.45) is 5.92 Å². The van der Waals surface area contributed by atoms with Crippen LogP contribution in [0.1, 0.15) is 35.9 Å². The third kappa shape index (κ3) is 3.39. The van der Waals surface area contributed by atoms with E-state index in [2.05, 4.69) is 25.6 Å². The summed E-state index contributed by atoms with van der Waals surface area (Å²) in [6, 6.07) is -0.235. The second-order valence-corrected chi connectivity index (χ2v) is 7.92. The molecule has 0 aliphatic carbocycles. The molecule has 29 heavy (non-hydrogen) atoms. The van der Waals surface area contributed by atoms with E-state index in [1.807, 2.05) is 32.7 Å². The lowest BCUT2D eigenvalue weighted by Gasteiger charge is -2.40. The van der Waals surface area contributed by atoms with Gasteiger partial charge in [-0.25, -0.2) is 9.97 Å². The Morgan fingerprint density at radius 2 is 2.00 bits per heavy atom. The van der Waals surface area contributed by atoms with Gasteiger partial charge in [0.25, 0.3) is 5.91 Å². The molecule has 1 atom stereocenters. The summed E-state index contributed by atoms with van der Waals surface area (Å²) in [5.41, 5.74) is 1.66. The zero-order valence-corrected chi connectivity index (χ0v) is 17.2. The molecule has 1 saturated heterocycles. The molecule has 1 unspecified atom stereocenters. The number of amides is 2. The zero-order valence-electron chi connectivity index (χ0n) is 17.2. The topological polar surface area (TPSA) is 116 Å². The summed E-state index contributed by atoms with van der Waals surface area (Å²) in [4.78, 5) is 41.6. The Hall–Kier alpha value is -3.17. The molecule has 2 aromatic rings. The number of anilines is 3. The Balaban J connectivity index is 1.45. The maximum absolute atomic E-state index is 12.4. The average Bonchev–Trinajstić information content (AvgIpc) is 3.04. The van der Waals surface area contributed by atoms with Crippen molar-refractivity contribution in [3.05, 3.63) is 23.5 Å². The van der Waals surface area contributed by atoms with Crippen LogP contribution in [0, 0.1) is 19.8 Å². The number of carbonyl (C=O) groups is 2. The number of nitrogens with one attached hydrogen (secondary N) is 2. The fraction of sp³-hybridized carbons (Fsp3) is 0.526. The van der Waals surface area contributed by atoms with Gasteiger partial charge in [-0.1, -0.05) is 13.8 Å². The van der Waals surface area contributed by atoms with Crippen LogP contribution in [0.3, 0.4) is 0 Å². The molecule has 2 N–H and O–H groups in total. The number of carbonyl (C=O) groups excluding carboxylic acids is 2. The fourth-order valence-electron chi connectivity index (χ4n) is 3.82. The van der Waals surface area contributed by atoms with Crippen LogP contribution in [0.15, 0.2) is 10.7 Å². The van der Waals surface area contributed by atoms with Gasteiger partial charge in [-0.3, -0.25) is 9.59 Å². The van der Waals surface area contributed by atoms with Crippen LogP contribution in [0.2, 0.25) is 0 Å². The largest absolute Gasteiger partial charge is 0.448 e. The molecule has 2 aliphatic heterocycles. The highest BCUT2D eigenvalue weighted by atomic mass is 16.3. The third-order valence-corrected chi connectivity index (χ3v) is 5.31. The highest BCUT2D eigenvalue weighted by Gasteiger charge is 2.36. The minimum atomic E-state index is -0.285. The number of likely N-dealkylation sites (N-methyl/N-ethyl adjacent to an activating group) is 1. The highest BCUT2D eigenvalue weighted by molar-refractivity contribution is 6.03. The van der Waals surface area contributed by atoms with Gasteiger partial charge in [0.05, 0.1) is 11.7 Å². The number of hydrogen-bond donors (Lipinski definition) is 2. The molecule has 2 aliphatic rings. The number of hydrogen-bond acceptors (Lipinski definition) is 8. The molecular weight excluding hydrogens is 374 g/mol. The molecule has 0 bridgehead atoms. The van der Waals surface area contributed by atoms with Gasteiger partial charge >= 0.3 is 0 Å². The van der Waals surface area contributed by atoms with E-state index in [1.165, 1.54) is 6.26 Å². The van der Waals surface area contributed by atoms with Crippen LogP contribution in [0.25, 0.3) is 0 Å². The van der Waals surface area contributed by atoms with Crippen molar-refractivity contribution in [1.29, 1.82) is 0 Å². The molecule has 10 heteroatoms. The van der Waals surface area contributed by atoms with Crippen LogP contribution in [0.5, 0.6) is 0 Å². The van der Waals surface area contributed by atoms with E-state index in [0.29, 0.717) is 47.8 Å². The van der Waals surface area contributed by atoms with Gasteiger partial charge in [0, 0.05) is 27.1 Å². The van der Waals surface area contributed by atoms with Crippen LogP contribution in [-0.2, 0) is 4.79 Å². The Bertz CT molecular complexity index is 965. The van der Waals surface area contributed by atoms with Gasteiger partial charge in [-0.2, -0.15) is 4.98 Å². The smallest absolute Gasteiger partial charge is 0.275 e. The quantitative estimate of drug-likeness (QED) is 0.793. The number of oxazole rings is 1. The van der Waals surface area contributed by atoms with E-state index in [4.69, 9.17) is 4.42 Å². The number of rotatable bonds is 4. The van der Waals surface area contributed by atoms with Crippen molar-refractivity contribution in [3.8, 4) is 0 Å². The average molecular weight is 399 g/mol. The Kier molecular flexibility index (Phi) is 4.64. The van der Waals surface area contributed by atoms with Crippen LogP contribution in [0.4, 0.5) is 17.5 Å². The molecule has 2 aromatic heterocycles. The Labute approximate surface area is 168 Å². The predicted octanol–water partition coefficient (Wildman–Crippen LogP) is 1.43. The third-order valence-electron chi connectivity index (χ3n) is 5.31. The predicted molar refractivity (Wildman–Crippen MR) is 107 cm³/mol. The maximum atomic E-state index is 12.4. The summed E-state index contributed by atoms with van der Waals surface area (Å²) in [6.07, 6.45) is 1.38. The van der Waals surface area contributed by atoms with E-state index in [-0.39, 0.29) is 29.8 Å². The van der Waals surface area contributed by atoms with Gasteiger partial charge in [0.2, 0.25) is 11.9 Å². The second kappa shape index (κ2) is 7.02. The minimum absolute atomic E-state index is 0.0429. The molecule has 0 saturated carbocycles. The van der Waals surface area contributed by atoms with Gasteiger partial charge in [0.15, 0.2) is 17.4 Å². The normalized spacial score (nSPS) is 19.1. The number of fused-ring (bicyclic) bond motifs is 1. The first kappa shape index (κ1) is 19.2. The van der Waals surface area contributed by atoms with E-state index in [0.717, 1.165) is 0 Å². The van der Waals surface area contributed by atoms with E-state index in [9.17, 15) is 9.59 Å². The lowest BCUT2D eigenvalue weighted by atomic mass is 9.99.